The fourth-order valence-electron chi connectivity index (χ4n) is 2.97. The van der Waals surface area contributed by atoms with Crippen LogP contribution in [0.2, 0.25) is 0 Å². The molecular formula is C24H25FN2O4S. The van der Waals surface area contributed by atoms with Gasteiger partial charge in [0.05, 0.1) is 10.6 Å². The molecule has 0 aliphatic carbocycles. The molecule has 0 spiro atoms. The van der Waals surface area contributed by atoms with E-state index in [1.807, 2.05) is 6.92 Å². The number of aryl methyl sites for hydroxylation is 1. The highest BCUT2D eigenvalue weighted by atomic mass is 32.2. The number of sulfonamides is 1. The van der Waals surface area contributed by atoms with Crippen LogP contribution in [0.25, 0.3) is 0 Å². The Kier molecular flexibility index (Phi) is 7.15. The summed E-state index contributed by atoms with van der Waals surface area (Å²) in [5.74, 6) is -0.122. The lowest BCUT2D eigenvalue weighted by atomic mass is 10.2. The van der Waals surface area contributed by atoms with Gasteiger partial charge in [-0.2, -0.15) is 0 Å². The van der Waals surface area contributed by atoms with E-state index in [4.69, 9.17) is 4.74 Å². The molecule has 0 saturated carbocycles. The molecule has 0 radical (unpaired) electrons. The van der Waals surface area contributed by atoms with Crippen molar-refractivity contribution in [1.29, 1.82) is 0 Å². The molecule has 0 N–H and O–H groups in total. The molecule has 6 nitrogen and oxygen atoms in total. The van der Waals surface area contributed by atoms with Crippen LogP contribution in [-0.4, -0.2) is 39.9 Å². The van der Waals surface area contributed by atoms with Crippen LogP contribution in [0.1, 0.15) is 11.1 Å². The standard InChI is InChI=1S/C24H25FN2O4S/c1-18-4-14-23(15-5-18)32(29,30)27(3)21-10-12-22(13-11-21)31-17-24(28)26(2)16-19-6-8-20(25)9-7-19/h4-15H,16-17H2,1-3H3. The summed E-state index contributed by atoms with van der Waals surface area (Å²) in [6, 6.07) is 19.1. The first-order valence-electron chi connectivity index (χ1n) is 9.94. The zero-order valence-electron chi connectivity index (χ0n) is 18.2. The number of nitrogens with zero attached hydrogens (tertiary/aromatic N) is 2. The molecule has 8 heteroatoms. The van der Waals surface area contributed by atoms with Crippen molar-refractivity contribution in [3.63, 3.8) is 0 Å². The third-order valence-electron chi connectivity index (χ3n) is 5.00. The summed E-state index contributed by atoms with van der Waals surface area (Å²) in [6.45, 7) is 2.06. The second kappa shape index (κ2) is 9.82. The molecule has 168 valence electrons. The molecule has 1 amide bonds. The minimum absolute atomic E-state index is 0.172. The predicted octanol–water partition coefficient (Wildman–Crippen LogP) is 4.00. The van der Waals surface area contributed by atoms with E-state index in [1.165, 1.54) is 28.4 Å². The molecule has 32 heavy (non-hydrogen) atoms. The van der Waals surface area contributed by atoms with Gasteiger partial charge in [0, 0.05) is 20.6 Å². The van der Waals surface area contributed by atoms with Crippen molar-refractivity contribution < 1.29 is 22.3 Å². The van der Waals surface area contributed by atoms with Gasteiger partial charge in [0.1, 0.15) is 11.6 Å². The lowest BCUT2D eigenvalue weighted by Gasteiger charge is -2.20. The van der Waals surface area contributed by atoms with Crippen molar-refractivity contribution in [3.8, 4) is 5.75 Å². The molecule has 0 atom stereocenters. The fraction of sp³-hybridized carbons (Fsp3) is 0.208. The van der Waals surface area contributed by atoms with Crippen LogP contribution in [0, 0.1) is 12.7 Å². The normalized spacial score (nSPS) is 11.1. The zero-order valence-corrected chi connectivity index (χ0v) is 19.0. The molecule has 0 heterocycles. The summed E-state index contributed by atoms with van der Waals surface area (Å²) >= 11 is 0. The maximum absolute atomic E-state index is 13.0. The molecule has 0 aliphatic rings. The second-order valence-electron chi connectivity index (χ2n) is 7.44. The van der Waals surface area contributed by atoms with Crippen molar-refractivity contribution in [2.24, 2.45) is 0 Å². The third kappa shape index (κ3) is 5.64. The molecule has 0 saturated heterocycles. The van der Waals surface area contributed by atoms with E-state index in [1.54, 1.807) is 67.7 Å². The monoisotopic (exact) mass is 456 g/mol. The van der Waals surface area contributed by atoms with Gasteiger partial charge in [0.15, 0.2) is 6.61 Å². The number of carbonyl (C=O) groups is 1. The maximum Gasteiger partial charge on any atom is 0.264 e. The van der Waals surface area contributed by atoms with Crippen molar-refractivity contribution in [2.45, 2.75) is 18.4 Å². The number of amides is 1. The molecule has 0 fully saturated rings. The number of ether oxygens (including phenoxy) is 1. The van der Waals surface area contributed by atoms with E-state index >= 15 is 0 Å². The second-order valence-corrected chi connectivity index (χ2v) is 9.41. The largest absolute Gasteiger partial charge is 0.484 e. The van der Waals surface area contributed by atoms with Gasteiger partial charge in [-0.15, -0.1) is 0 Å². The fourth-order valence-corrected chi connectivity index (χ4v) is 4.16. The Balaban J connectivity index is 1.58. The lowest BCUT2D eigenvalue weighted by molar-refractivity contribution is -0.132. The van der Waals surface area contributed by atoms with Crippen LogP contribution >= 0.6 is 0 Å². The number of carbonyl (C=O) groups excluding carboxylic acids is 1. The molecule has 3 aromatic carbocycles. The number of anilines is 1. The predicted molar refractivity (Wildman–Crippen MR) is 122 cm³/mol. The average Bonchev–Trinajstić information content (AvgIpc) is 2.79. The smallest absolute Gasteiger partial charge is 0.264 e. The maximum atomic E-state index is 13.0. The molecular weight excluding hydrogens is 431 g/mol. The van der Waals surface area contributed by atoms with Gasteiger partial charge in [-0.1, -0.05) is 29.8 Å². The van der Waals surface area contributed by atoms with E-state index in [9.17, 15) is 17.6 Å². The Bertz CT molecular complexity index is 1160. The van der Waals surface area contributed by atoms with Gasteiger partial charge in [-0.25, -0.2) is 12.8 Å². The summed E-state index contributed by atoms with van der Waals surface area (Å²) in [6.07, 6.45) is 0. The van der Waals surface area contributed by atoms with Crippen LogP contribution in [0.3, 0.4) is 0 Å². The topological polar surface area (TPSA) is 66.9 Å². The summed E-state index contributed by atoms with van der Waals surface area (Å²) in [7, 11) is -0.556. The highest BCUT2D eigenvalue weighted by molar-refractivity contribution is 7.92. The van der Waals surface area contributed by atoms with Gasteiger partial charge in [-0.05, 0) is 61.0 Å². The van der Waals surface area contributed by atoms with Gasteiger partial charge < -0.3 is 9.64 Å². The van der Waals surface area contributed by atoms with Crippen molar-refractivity contribution in [2.75, 3.05) is 25.0 Å². The van der Waals surface area contributed by atoms with E-state index in [0.717, 1.165) is 11.1 Å². The number of hydrogen-bond acceptors (Lipinski definition) is 4. The zero-order chi connectivity index (χ0) is 23.3. The Morgan fingerprint density at radius 1 is 0.906 bits per heavy atom. The number of rotatable bonds is 8. The Morgan fingerprint density at radius 3 is 2.09 bits per heavy atom. The highest BCUT2D eigenvalue weighted by Crippen LogP contribution is 2.24. The summed E-state index contributed by atoms with van der Waals surface area (Å²) in [5.41, 5.74) is 2.26. The quantitative estimate of drug-likeness (QED) is 0.514. The molecule has 3 rings (SSSR count). The Labute approximate surface area is 187 Å². The van der Waals surface area contributed by atoms with Crippen LogP contribution in [0.5, 0.6) is 5.75 Å². The number of halogens is 1. The highest BCUT2D eigenvalue weighted by Gasteiger charge is 2.21. The molecule has 0 bridgehead atoms. The minimum atomic E-state index is -3.68. The third-order valence-corrected chi connectivity index (χ3v) is 6.80. The molecule has 0 aromatic heterocycles. The number of likely N-dealkylation sites (N-methyl/N-ethyl adjacent to an activating group) is 1. The van der Waals surface area contributed by atoms with E-state index < -0.39 is 10.0 Å². The minimum Gasteiger partial charge on any atom is -0.484 e. The first kappa shape index (κ1) is 23.3. The van der Waals surface area contributed by atoms with E-state index in [-0.39, 0.29) is 23.2 Å². The summed E-state index contributed by atoms with van der Waals surface area (Å²) < 4.78 is 45.4. The van der Waals surface area contributed by atoms with Crippen LogP contribution < -0.4 is 9.04 Å². The van der Waals surface area contributed by atoms with Gasteiger partial charge in [0.25, 0.3) is 15.9 Å². The summed E-state index contributed by atoms with van der Waals surface area (Å²) in [5, 5.41) is 0. The molecule has 3 aromatic rings. The van der Waals surface area contributed by atoms with Crippen LogP contribution in [0.15, 0.2) is 77.7 Å². The number of hydrogen-bond donors (Lipinski definition) is 0. The van der Waals surface area contributed by atoms with Gasteiger partial charge in [0.2, 0.25) is 0 Å². The average molecular weight is 457 g/mol. The van der Waals surface area contributed by atoms with E-state index in [2.05, 4.69) is 0 Å². The number of benzene rings is 3. The van der Waals surface area contributed by atoms with Gasteiger partial charge in [-0.3, -0.25) is 9.10 Å². The Morgan fingerprint density at radius 2 is 1.50 bits per heavy atom. The van der Waals surface area contributed by atoms with Crippen molar-refractivity contribution in [1.82, 2.24) is 4.90 Å². The van der Waals surface area contributed by atoms with Crippen molar-refractivity contribution >= 4 is 21.6 Å². The molecule has 0 unspecified atom stereocenters. The Hall–Kier alpha value is -3.39. The summed E-state index contributed by atoms with van der Waals surface area (Å²) in [4.78, 5) is 14.0. The SMILES string of the molecule is Cc1ccc(S(=O)(=O)N(C)c2ccc(OCC(=O)N(C)Cc3ccc(F)cc3)cc2)cc1. The van der Waals surface area contributed by atoms with E-state index in [0.29, 0.717) is 18.0 Å². The molecule has 0 aliphatic heterocycles. The van der Waals surface area contributed by atoms with Crippen LogP contribution in [-0.2, 0) is 21.4 Å². The van der Waals surface area contributed by atoms with Crippen LogP contribution in [0.4, 0.5) is 10.1 Å². The first-order chi connectivity index (χ1) is 15.2. The first-order valence-corrected chi connectivity index (χ1v) is 11.4. The van der Waals surface area contributed by atoms with Crippen molar-refractivity contribution in [3.05, 3.63) is 89.7 Å². The van der Waals surface area contributed by atoms with Gasteiger partial charge >= 0.3 is 0 Å². The lowest BCUT2D eigenvalue weighted by Crippen LogP contribution is -2.31.